The van der Waals surface area contributed by atoms with Crippen LogP contribution in [-0.4, -0.2) is 52.5 Å². The molecule has 2 atom stereocenters. The van der Waals surface area contributed by atoms with Crippen LogP contribution in [-0.2, 0) is 18.0 Å². The third-order valence-electron chi connectivity index (χ3n) is 2.81. The molecule has 1 aliphatic rings. The smallest absolute Gasteiger partial charge is 0.393 e. The van der Waals surface area contributed by atoms with Crippen molar-refractivity contribution in [2.75, 3.05) is 26.4 Å². The van der Waals surface area contributed by atoms with E-state index in [4.69, 9.17) is 18.0 Å². The van der Waals surface area contributed by atoms with Crippen LogP contribution in [0.25, 0.3) is 0 Å². The monoisotopic (exact) mass is 278 g/mol. The first-order valence-electron chi connectivity index (χ1n) is 6.87. The quantitative estimate of drug-likeness (QED) is 0.459. The zero-order chi connectivity index (χ0) is 13.4. The lowest BCUT2D eigenvalue weighted by atomic mass is 10.2. The summed E-state index contributed by atoms with van der Waals surface area (Å²) in [5, 5.41) is 9.90. The summed E-state index contributed by atoms with van der Waals surface area (Å²) in [7, 11) is -2.59. The first kappa shape index (κ1) is 16.1. The Kier molecular flexibility index (Phi) is 7.36. The zero-order valence-electron chi connectivity index (χ0n) is 11.7. The Morgan fingerprint density at radius 3 is 2.06 bits per heavy atom. The van der Waals surface area contributed by atoms with E-state index in [2.05, 4.69) is 0 Å². The third-order valence-corrected chi connectivity index (χ3v) is 5.90. The topological polar surface area (TPSA) is 60.5 Å². The van der Waals surface area contributed by atoms with Crippen molar-refractivity contribution in [2.45, 2.75) is 51.9 Å². The van der Waals surface area contributed by atoms with Crippen LogP contribution in [0.5, 0.6) is 0 Å². The van der Waals surface area contributed by atoms with E-state index in [9.17, 15) is 5.11 Å². The maximum absolute atomic E-state index is 9.90. The summed E-state index contributed by atoms with van der Waals surface area (Å²) in [6.07, 6.45) is 1.24. The SMILES string of the molecule is CCO[Si](CCC(O)CC1CO1)(OCC)OCC. The van der Waals surface area contributed by atoms with E-state index in [-0.39, 0.29) is 12.2 Å². The summed E-state index contributed by atoms with van der Waals surface area (Å²) in [6.45, 7) is 8.33. The van der Waals surface area contributed by atoms with E-state index in [1.807, 2.05) is 20.8 Å². The highest BCUT2D eigenvalue weighted by Gasteiger charge is 2.40. The van der Waals surface area contributed by atoms with Crippen LogP contribution in [0.15, 0.2) is 0 Å². The molecule has 0 bridgehead atoms. The van der Waals surface area contributed by atoms with Crippen LogP contribution < -0.4 is 0 Å². The second-order valence-corrected chi connectivity index (χ2v) is 7.10. The number of hydrogen-bond donors (Lipinski definition) is 1. The summed E-state index contributed by atoms with van der Waals surface area (Å²) in [6, 6.07) is 0.663. The van der Waals surface area contributed by atoms with E-state index in [1.165, 1.54) is 0 Å². The van der Waals surface area contributed by atoms with Crippen LogP contribution >= 0.6 is 0 Å². The first-order chi connectivity index (χ1) is 8.65. The highest BCUT2D eigenvalue weighted by atomic mass is 28.4. The molecule has 0 spiro atoms. The van der Waals surface area contributed by atoms with Gasteiger partial charge in [-0.15, -0.1) is 0 Å². The predicted octanol–water partition coefficient (Wildman–Crippen LogP) is 1.57. The number of aliphatic hydroxyl groups is 1. The average Bonchev–Trinajstić information content (AvgIpc) is 3.11. The Bertz CT molecular complexity index is 205. The minimum absolute atomic E-state index is 0.252. The summed E-state index contributed by atoms with van der Waals surface area (Å²) in [5.74, 6) is 0. The summed E-state index contributed by atoms with van der Waals surface area (Å²) >= 11 is 0. The van der Waals surface area contributed by atoms with Gasteiger partial charge in [0.25, 0.3) is 0 Å². The van der Waals surface area contributed by atoms with Gasteiger partial charge in [-0.2, -0.15) is 0 Å². The summed E-state index contributed by atoms with van der Waals surface area (Å²) in [4.78, 5) is 0. The van der Waals surface area contributed by atoms with Crippen LogP contribution in [0.3, 0.4) is 0 Å². The van der Waals surface area contributed by atoms with E-state index in [0.29, 0.717) is 38.7 Å². The second kappa shape index (κ2) is 8.24. The van der Waals surface area contributed by atoms with Gasteiger partial charge in [-0.1, -0.05) is 0 Å². The van der Waals surface area contributed by atoms with Crippen molar-refractivity contribution in [3.63, 3.8) is 0 Å². The van der Waals surface area contributed by atoms with Gasteiger partial charge in [0.15, 0.2) is 0 Å². The number of rotatable bonds is 11. The molecule has 5 nitrogen and oxygen atoms in total. The molecular formula is C12H26O5Si. The molecule has 1 aliphatic heterocycles. The van der Waals surface area contributed by atoms with Crippen molar-refractivity contribution in [2.24, 2.45) is 0 Å². The number of aliphatic hydroxyl groups excluding tert-OH is 1. The van der Waals surface area contributed by atoms with Gasteiger partial charge in [0.2, 0.25) is 0 Å². The molecule has 0 aromatic carbocycles. The van der Waals surface area contributed by atoms with Crippen molar-refractivity contribution in [3.8, 4) is 0 Å². The summed E-state index contributed by atoms with van der Waals surface area (Å²) in [5.41, 5.74) is 0. The molecule has 0 aromatic heterocycles. The molecule has 1 saturated heterocycles. The minimum Gasteiger partial charge on any atom is -0.393 e. The van der Waals surface area contributed by atoms with E-state index in [1.54, 1.807) is 0 Å². The van der Waals surface area contributed by atoms with Crippen LogP contribution in [0.2, 0.25) is 6.04 Å². The molecule has 0 aromatic rings. The number of ether oxygens (including phenoxy) is 1. The molecule has 1 heterocycles. The molecule has 0 aliphatic carbocycles. The molecule has 1 rings (SSSR count). The van der Waals surface area contributed by atoms with Gasteiger partial charge in [0, 0.05) is 32.3 Å². The van der Waals surface area contributed by atoms with Crippen molar-refractivity contribution in [1.29, 1.82) is 0 Å². The fourth-order valence-electron chi connectivity index (χ4n) is 1.97. The lowest BCUT2D eigenvalue weighted by Gasteiger charge is -2.29. The first-order valence-corrected chi connectivity index (χ1v) is 8.80. The summed E-state index contributed by atoms with van der Waals surface area (Å²) < 4.78 is 22.3. The standard InChI is InChI=1S/C12H26O5Si/c1-4-15-18(16-5-2,17-6-3)8-7-11(13)9-12-10-14-12/h11-13H,4-10H2,1-3H3. The zero-order valence-corrected chi connectivity index (χ0v) is 12.7. The Morgan fingerprint density at radius 2 is 1.67 bits per heavy atom. The van der Waals surface area contributed by atoms with Crippen LogP contribution in [0.4, 0.5) is 0 Å². The van der Waals surface area contributed by atoms with Crippen molar-refractivity contribution >= 4 is 8.80 Å². The molecule has 1 N–H and O–H groups in total. The van der Waals surface area contributed by atoms with Gasteiger partial charge in [-0.05, 0) is 27.2 Å². The Morgan fingerprint density at radius 1 is 1.17 bits per heavy atom. The minimum atomic E-state index is -2.59. The van der Waals surface area contributed by atoms with E-state index in [0.717, 1.165) is 6.61 Å². The predicted molar refractivity (Wildman–Crippen MR) is 70.4 cm³/mol. The Hall–Kier alpha value is 0.0169. The van der Waals surface area contributed by atoms with Crippen molar-refractivity contribution in [1.82, 2.24) is 0 Å². The lowest BCUT2D eigenvalue weighted by molar-refractivity contribution is 0.0637. The number of hydrogen-bond acceptors (Lipinski definition) is 5. The van der Waals surface area contributed by atoms with Gasteiger partial charge < -0.3 is 23.1 Å². The van der Waals surface area contributed by atoms with Crippen molar-refractivity contribution in [3.05, 3.63) is 0 Å². The average molecular weight is 278 g/mol. The maximum atomic E-state index is 9.90. The number of epoxide rings is 1. The molecule has 6 heteroatoms. The molecular weight excluding hydrogens is 252 g/mol. The molecule has 0 saturated carbocycles. The van der Waals surface area contributed by atoms with Gasteiger partial charge >= 0.3 is 8.80 Å². The van der Waals surface area contributed by atoms with Crippen LogP contribution in [0.1, 0.15) is 33.6 Å². The van der Waals surface area contributed by atoms with Gasteiger partial charge in [-0.25, -0.2) is 0 Å². The lowest BCUT2D eigenvalue weighted by Crippen LogP contribution is -2.46. The molecule has 1 fully saturated rings. The molecule has 18 heavy (non-hydrogen) atoms. The largest absolute Gasteiger partial charge is 0.501 e. The highest BCUT2D eigenvalue weighted by molar-refractivity contribution is 6.60. The van der Waals surface area contributed by atoms with Gasteiger partial charge in [0.1, 0.15) is 0 Å². The normalized spacial score (nSPS) is 21.0. The van der Waals surface area contributed by atoms with Crippen LogP contribution in [0, 0.1) is 0 Å². The second-order valence-electron chi connectivity index (χ2n) is 4.37. The molecule has 0 radical (unpaired) electrons. The molecule has 2 unspecified atom stereocenters. The van der Waals surface area contributed by atoms with E-state index >= 15 is 0 Å². The van der Waals surface area contributed by atoms with E-state index < -0.39 is 8.80 Å². The fraction of sp³-hybridized carbons (Fsp3) is 1.00. The highest BCUT2D eigenvalue weighted by Crippen LogP contribution is 2.23. The third kappa shape index (κ3) is 5.77. The molecule has 108 valence electrons. The van der Waals surface area contributed by atoms with Crippen molar-refractivity contribution < 1.29 is 23.1 Å². The van der Waals surface area contributed by atoms with Gasteiger partial charge in [-0.3, -0.25) is 0 Å². The van der Waals surface area contributed by atoms with Gasteiger partial charge in [0.05, 0.1) is 18.8 Å². The Balaban J connectivity index is 2.40. The maximum Gasteiger partial charge on any atom is 0.501 e. The Labute approximate surface area is 111 Å². The molecule has 0 amide bonds. The fourth-order valence-corrected chi connectivity index (χ4v) is 4.66.